The van der Waals surface area contributed by atoms with Crippen molar-refractivity contribution in [3.63, 3.8) is 0 Å². The molecule has 2 aromatic rings. The minimum Gasteiger partial charge on any atom is -0.343 e. The van der Waals surface area contributed by atoms with Gasteiger partial charge in [0.2, 0.25) is 17.6 Å². The van der Waals surface area contributed by atoms with Crippen LogP contribution in [0.1, 0.15) is 32.6 Å². The van der Waals surface area contributed by atoms with E-state index in [4.69, 9.17) is 4.52 Å². The maximum absolute atomic E-state index is 12.6. The molecule has 0 radical (unpaired) electrons. The summed E-state index contributed by atoms with van der Waals surface area (Å²) in [5, 5.41) is 4.07. The van der Waals surface area contributed by atoms with Crippen molar-refractivity contribution in [2.75, 3.05) is 26.2 Å². The fourth-order valence-electron chi connectivity index (χ4n) is 3.41. The first-order valence-electron chi connectivity index (χ1n) is 9.10. The molecule has 2 heterocycles. The van der Waals surface area contributed by atoms with Crippen LogP contribution in [0, 0.1) is 5.92 Å². The highest BCUT2D eigenvalue weighted by molar-refractivity contribution is 5.79. The van der Waals surface area contributed by atoms with Gasteiger partial charge in [-0.25, -0.2) is 0 Å². The van der Waals surface area contributed by atoms with Crippen molar-refractivity contribution in [2.45, 2.75) is 33.2 Å². The van der Waals surface area contributed by atoms with Crippen molar-refractivity contribution >= 4 is 5.91 Å². The van der Waals surface area contributed by atoms with E-state index in [9.17, 15) is 4.79 Å². The summed E-state index contributed by atoms with van der Waals surface area (Å²) in [6, 6.07) is 9.81. The second-order valence-corrected chi connectivity index (χ2v) is 6.46. The highest BCUT2D eigenvalue weighted by Crippen LogP contribution is 2.21. The lowest BCUT2D eigenvalue weighted by molar-refractivity contribution is -0.137. The summed E-state index contributed by atoms with van der Waals surface area (Å²) in [6.45, 7) is 7.94. The van der Waals surface area contributed by atoms with Gasteiger partial charge in [-0.2, -0.15) is 4.98 Å². The summed E-state index contributed by atoms with van der Waals surface area (Å²) in [7, 11) is 0. The van der Waals surface area contributed by atoms with E-state index in [-0.39, 0.29) is 11.8 Å². The number of amides is 1. The van der Waals surface area contributed by atoms with Gasteiger partial charge in [0.15, 0.2) is 0 Å². The maximum Gasteiger partial charge on any atom is 0.241 e. The molecule has 6 heteroatoms. The van der Waals surface area contributed by atoms with Crippen molar-refractivity contribution < 1.29 is 9.32 Å². The Kier molecular flexibility index (Phi) is 5.81. The quantitative estimate of drug-likeness (QED) is 0.808. The van der Waals surface area contributed by atoms with Gasteiger partial charge in [0.05, 0.1) is 12.5 Å². The summed E-state index contributed by atoms with van der Waals surface area (Å²) in [6.07, 6.45) is 1.99. The first kappa shape index (κ1) is 17.6. The molecule has 1 aliphatic heterocycles. The molecule has 1 fully saturated rings. The number of carbonyl (C=O) groups is 1. The van der Waals surface area contributed by atoms with Gasteiger partial charge in [0, 0.05) is 25.2 Å². The predicted octanol–water partition coefficient (Wildman–Crippen LogP) is 2.82. The van der Waals surface area contributed by atoms with Crippen LogP contribution in [0.25, 0.3) is 11.4 Å². The third-order valence-corrected chi connectivity index (χ3v) is 4.79. The van der Waals surface area contributed by atoms with E-state index in [0.717, 1.165) is 44.6 Å². The molecule has 0 N–H and O–H groups in total. The lowest BCUT2D eigenvalue weighted by Gasteiger charge is -2.33. The van der Waals surface area contributed by atoms with E-state index in [1.54, 1.807) is 0 Å². The summed E-state index contributed by atoms with van der Waals surface area (Å²) < 4.78 is 5.41. The zero-order chi connectivity index (χ0) is 17.6. The van der Waals surface area contributed by atoms with Gasteiger partial charge < -0.3 is 9.42 Å². The van der Waals surface area contributed by atoms with Crippen LogP contribution < -0.4 is 0 Å². The molecule has 1 aromatic heterocycles. The van der Waals surface area contributed by atoms with Gasteiger partial charge in [-0.1, -0.05) is 35.5 Å². The third kappa shape index (κ3) is 4.25. The van der Waals surface area contributed by atoms with Crippen LogP contribution in [0.3, 0.4) is 0 Å². The van der Waals surface area contributed by atoms with Crippen molar-refractivity contribution in [3.8, 4) is 11.4 Å². The van der Waals surface area contributed by atoms with Gasteiger partial charge in [-0.05, 0) is 33.2 Å². The molecule has 1 aromatic carbocycles. The molecule has 1 amide bonds. The van der Waals surface area contributed by atoms with E-state index < -0.39 is 0 Å². The van der Waals surface area contributed by atoms with Crippen LogP contribution in [0.4, 0.5) is 0 Å². The molecule has 3 rings (SSSR count). The van der Waals surface area contributed by atoms with Crippen molar-refractivity contribution in [1.82, 2.24) is 19.9 Å². The number of likely N-dealkylation sites (tertiary alicyclic amines) is 1. The van der Waals surface area contributed by atoms with Crippen molar-refractivity contribution in [2.24, 2.45) is 5.92 Å². The molecule has 0 spiro atoms. The molecule has 1 unspecified atom stereocenters. The fraction of sp³-hybridized carbons (Fsp3) is 0.526. The molecular weight excluding hydrogens is 316 g/mol. The fourth-order valence-corrected chi connectivity index (χ4v) is 3.41. The molecule has 1 atom stereocenters. The topological polar surface area (TPSA) is 62.5 Å². The maximum atomic E-state index is 12.6. The molecule has 0 saturated carbocycles. The van der Waals surface area contributed by atoms with Gasteiger partial charge in [-0.3, -0.25) is 9.69 Å². The zero-order valence-electron chi connectivity index (χ0n) is 15.0. The van der Waals surface area contributed by atoms with Crippen LogP contribution in [-0.4, -0.2) is 52.0 Å². The smallest absolute Gasteiger partial charge is 0.241 e. The molecule has 1 saturated heterocycles. The Labute approximate surface area is 148 Å². The Morgan fingerprint density at radius 2 is 2.04 bits per heavy atom. The number of rotatable bonds is 6. The molecular formula is C19H26N4O2. The van der Waals surface area contributed by atoms with Gasteiger partial charge in [0.1, 0.15) is 0 Å². The number of aromatic nitrogens is 2. The molecule has 1 aliphatic rings. The largest absolute Gasteiger partial charge is 0.343 e. The van der Waals surface area contributed by atoms with Crippen molar-refractivity contribution in [3.05, 3.63) is 36.2 Å². The van der Waals surface area contributed by atoms with Crippen molar-refractivity contribution in [1.29, 1.82) is 0 Å². The SMILES string of the molecule is CCN(CC)C(=O)C1CCCN(Cc2nc(-c3ccccc3)no2)C1. The number of benzene rings is 1. The van der Waals surface area contributed by atoms with Crippen LogP contribution >= 0.6 is 0 Å². The number of carbonyl (C=O) groups excluding carboxylic acids is 1. The summed E-state index contributed by atoms with van der Waals surface area (Å²) in [4.78, 5) is 21.3. The number of hydrogen-bond donors (Lipinski definition) is 0. The minimum absolute atomic E-state index is 0.0742. The number of nitrogens with zero attached hydrogens (tertiary/aromatic N) is 4. The first-order chi connectivity index (χ1) is 12.2. The Balaban J connectivity index is 1.61. The van der Waals surface area contributed by atoms with E-state index in [2.05, 4.69) is 15.0 Å². The van der Waals surface area contributed by atoms with Gasteiger partial charge in [-0.15, -0.1) is 0 Å². The van der Waals surface area contributed by atoms with Crippen LogP contribution in [0.5, 0.6) is 0 Å². The van der Waals surface area contributed by atoms with Gasteiger partial charge in [0.25, 0.3) is 0 Å². The molecule has 6 nitrogen and oxygen atoms in total. The first-order valence-corrected chi connectivity index (χ1v) is 9.10. The monoisotopic (exact) mass is 342 g/mol. The molecule has 134 valence electrons. The van der Waals surface area contributed by atoms with E-state index in [1.165, 1.54) is 0 Å². The van der Waals surface area contributed by atoms with Crippen LogP contribution in [0.2, 0.25) is 0 Å². The zero-order valence-corrected chi connectivity index (χ0v) is 15.0. The minimum atomic E-state index is 0.0742. The Bertz CT molecular complexity index is 682. The van der Waals surface area contributed by atoms with Crippen LogP contribution in [0.15, 0.2) is 34.9 Å². The Morgan fingerprint density at radius 3 is 2.76 bits per heavy atom. The van der Waals surface area contributed by atoms with E-state index in [0.29, 0.717) is 18.3 Å². The van der Waals surface area contributed by atoms with E-state index >= 15 is 0 Å². The highest BCUT2D eigenvalue weighted by atomic mass is 16.5. The van der Waals surface area contributed by atoms with E-state index in [1.807, 2.05) is 49.1 Å². The standard InChI is InChI=1S/C19H26N4O2/c1-3-23(4-2)19(24)16-11-8-12-22(13-16)14-17-20-18(21-25-17)15-9-6-5-7-10-15/h5-7,9-10,16H,3-4,8,11-14H2,1-2H3. The molecule has 0 bridgehead atoms. The lowest BCUT2D eigenvalue weighted by atomic mass is 9.96. The average Bonchev–Trinajstić information content (AvgIpc) is 3.12. The normalized spacial score (nSPS) is 18.2. The lowest BCUT2D eigenvalue weighted by Crippen LogP contribution is -2.44. The second kappa shape index (κ2) is 8.25. The second-order valence-electron chi connectivity index (χ2n) is 6.46. The number of piperidine rings is 1. The Morgan fingerprint density at radius 1 is 1.28 bits per heavy atom. The Hall–Kier alpha value is -2.21. The summed E-state index contributed by atoms with van der Waals surface area (Å²) >= 11 is 0. The molecule has 0 aliphatic carbocycles. The predicted molar refractivity (Wildman–Crippen MR) is 95.7 cm³/mol. The van der Waals surface area contributed by atoms with Gasteiger partial charge >= 0.3 is 0 Å². The van der Waals surface area contributed by atoms with Crippen LogP contribution in [-0.2, 0) is 11.3 Å². The molecule has 25 heavy (non-hydrogen) atoms. The summed E-state index contributed by atoms with van der Waals surface area (Å²) in [5.74, 6) is 1.56. The highest BCUT2D eigenvalue weighted by Gasteiger charge is 2.29. The average molecular weight is 342 g/mol. The third-order valence-electron chi connectivity index (χ3n) is 4.79. The summed E-state index contributed by atoms with van der Waals surface area (Å²) in [5.41, 5.74) is 0.950. The number of hydrogen-bond acceptors (Lipinski definition) is 5.